The SMILES string of the molecule is COc1ccc2c(c1)N1CCN(CC(=O)N3CCOCC3)C[C@H]1[C@@H](C(=O)Nc1ccccc1)C2. The Labute approximate surface area is 200 Å². The van der Waals surface area contributed by atoms with Crippen LogP contribution in [0.25, 0.3) is 0 Å². The van der Waals surface area contributed by atoms with E-state index in [1.54, 1.807) is 7.11 Å². The van der Waals surface area contributed by atoms with Crippen molar-refractivity contribution in [2.45, 2.75) is 12.5 Å². The molecular weight excluding hydrogens is 432 g/mol. The van der Waals surface area contributed by atoms with Gasteiger partial charge in [-0.15, -0.1) is 0 Å². The van der Waals surface area contributed by atoms with Gasteiger partial charge in [-0.05, 0) is 30.2 Å². The first-order valence-corrected chi connectivity index (χ1v) is 12.0. The number of benzene rings is 2. The Morgan fingerprint density at radius 2 is 1.85 bits per heavy atom. The molecule has 0 aliphatic carbocycles. The van der Waals surface area contributed by atoms with E-state index >= 15 is 0 Å². The first-order valence-electron chi connectivity index (χ1n) is 12.0. The number of para-hydroxylation sites is 1. The number of morpholine rings is 1. The summed E-state index contributed by atoms with van der Waals surface area (Å²) in [4.78, 5) is 32.8. The van der Waals surface area contributed by atoms with Crippen molar-refractivity contribution in [3.05, 3.63) is 54.1 Å². The molecule has 3 aliphatic rings. The van der Waals surface area contributed by atoms with E-state index in [9.17, 15) is 9.59 Å². The number of carbonyl (C=O) groups is 2. The van der Waals surface area contributed by atoms with Gasteiger partial charge in [0.2, 0.25) is 11.8 Å². The highest BCUT2D eigenvalue weighted by atomic mass is 16.5. The van der Waals surface area contributed by atoms with Crippen molar-refractivity contribution in [2.75, 3.05) is 69.8 Å². The molecule has 0 radical (unpaired) electrons. The Hall–Kier alpha value is -3.10. The van der Waals surface area contributed by atoms with Gasteiger partial charge in [-0.25, -0.2) is 0 Å². The zero-order chi connectivity index (χ0) is 23.5. The van der Waals surface area contributed by atoms with E-state index in [-0.39, 0.29) is 23.8 Å². The van der Waals surface area contributed by atoms with Crippen LogP contribution < -0.4 is 15.0 Å². The summed E-state index contributed by atoms with van der Waals surface area (Å²) in [6.07, 6.45) is 0.657. The average molecular weight is 465 g/mol. The number of fused-ring (bicyclic) bond motifs is 3. The van der Waals surface area contributed by atoms with E-state index in [1.165, 1.54) is 0 Å². The third kappa shape index (κ3) is 4.74. The Balaban J connectivity index is 1.36. The van der Waals surface area contributed by atoms with Gasteiger partial charge in [0.15, 0.2) is 0 Å². The molecule has 5 rings (SSSR count). The van der Waals surface area contributed by atoms with Crippen LogP contribution in [-0.4, -0.2) is 87.2 Å². The van der Waals surface area contributed by atoms with Gasteiger partial charge >= 0.3 is 0 Å². The second-order valence-corrected chi connectivity index (χ2v) is 9.15. The normalized spacial score (nSPS) is 22.5. The van der Waals surface area contributed by atoms with Crippen molar-refractivity contribution in [1.82, 2.24) is 9.80 Å². The van der Waals surface area contributed by atoms with Gasteiger partial charge in [0.25, 0.3) is 0 Å². The standard InChI is InChI=1S/C26H32N4O4/c1-33-21-8-7-19-15-22(26(32)27-20-5-3-2-4-6-20)24-17-28(9-10-30(24)23(19)16-21)18-25(31)29-11-13-34-14-12-29/h2-8,16,22,24H,9-15,17-18H2,1H3,(H,27,32)/t22-,24-/m0/s1. The smallest absolute Gasteiger partial charge is 0.236 e. The minimum absolute atomic E-state index is 0.0176. The zero-order valence-corrected chi connectivity index (χ0v) is 19.6. The first-order chi connectivity index (χ1) is 16.6. The highest BCUT2D eigenvalue weighted by Gasteiger charge is 2.42. The molecular formula is C26H32N4O4. The van der Waals surface area contributed by atoms with Crippen molar-refractivity contribution in [3.8, 4) is 5.75 Å². The van der Waals surface area contributed by atoms with Crippen LogP contribution in [0.3, 0.4) is 0 Å². The van der Waals surface area contributed by atoms with Crippen molar-refractivity contribution in [1.29, 1.82) is 0 Å². The van der Waals surface area contributed by atoms with Crippen molar-refractivity contribution >= 4 is 23.2 Å². The molecule has 2 aromatic rings. The molecule has 0 spiro atoms. The Kier molecular flexibility index (Phi) is 6.69. The van der Waals surface area contributed by atoms with Crippen molar-refractivity contribution in [2.24, 2.45) is 5.92 Å². The summed E-state index contributed by atoms with van der Waals surface area (Å²) >= 11 is 0. The number of carbonyl (C=O) groups excluding carboxylic acids is 2. The fraction of sp³-hybridized carbons (Fsp3) is 0.462. The van der Waals surface area contributed by atoms with Crippen LogP contribution in [0.15, 0.2) is 48.5 Å². The predicted molar refractivity (Wildman–Crippen MR) is 130 cm³/mol. The third-order valence-corrected chi connectivity index (χ3v) is 7.11. The van der Waals surface area contributed by atoms with Gasteiger partial charge in [-0.2, -0.15) is 0 Å². The topological polar surface area (TPSA) is 74.3 Å². The molecule has 180 valence electrons. The molecule has 34 heavy (non-hydrogen) atoms. The molecule has 3 heterocycles. The van der Waals surface area contributed by atoms with Crippen molar-refractivity contribution in [3.63, 3.8) is 0 Å². The molecule has 1 N–H and O–H groups in total. The third-order valence-electron chi connectivity index (χ3n) is 7.11. The molecule has 2 aromatic carbocycles. The molecule has 2 fully saturated rings. The van der Waals surface area contributed by atoms with Crippen molar-refractivity contribution < 1.29 is 19.1 Å². The summed E-state index contributed by atoms with van der Waals surface area (Å²) in [6.45, 7) is 5.08. The minimum Gasteiger partial charge on any atom is -0.497 e. The maximum absolute atomic E-state index is 13.5. The second-order valence-electron chi connectivity index (χ2n) is 9.15. The summed E-state index contributed by atoms with van der Waals surface area (Å²) in [7, 11) is 1.67. The van der Waals surface area contributed by atoms with Crippen LogP contribution in [-0.2, 0) is 20.7 Å². The molecule has 0 bridgehead atoms. The quantitative estimate of drug-likeness (QED) is 0.728. The number of anilines is 2. The Morgan fingerprint density at radius 3 is 2.62 bits per heavy atom. The van der Waals surface area contributed by atoms with Crippen LogP contribution in [0.5, 0.6) is 5.75 Å². The summed E-state index contributed by atoms with van der Waals surface area (Å²) in [5, 5.41) is 3.11. The number of amides is 2. The monoisotopic (exact) mass is 464 g/mol. The molecule has 2 atom stereocenters. The lowest BCUT2D eigenvalue weighted by Gasteiger charge is -2.49. The fourth-order valence-corrected chi connectivity index (χ4v) is 5.27. The second kappa shape index (κ2) is 10.0. The summed E-state index contributed by atoms with van der Waals surface area (Å²) < 4.78 is 10.9. The van der Waals surface area contributed by atoms with Crippen LogP contribution >= 0.6 is 0 Å². The van der Waals surface area contributed by atoms with Crippen LogP contribution in [0, 0.1) is 5.92 Å². The largest absolute Gasteiger partial charge is 0.497 e. The van der Waals surface area contributed by atoms with Gasteiger partial charge < -0.3 is 24.6 Å². The van der Waals surface area contributed by atoms with Gasteiger partial charge in [0.05, 0.1) is 38.8 Å². The van der Waals surface area contributed by atoms with E-state index in [0.717, 1.165) is 35.8 Å². The minimum atomic E-state index is -0.220. The van der Waals surface area contributed by atoms with Crippen LogP contribution in [0.1, 0.15) is 5.56 Å². The molecule has 2 saturated heterocycles. The van der Waals surface area contributed by atoms with Crippen LogP contribution in [0.4, 0.5) is 11.4 Å². The van der Waals surface area contributed by atoms with E-state index in [4.69, 9.17) is 9.47 Å². The van der Waals surface area contributed by atoms with E-state index in [2.05, 4.69) is 27.2 Å². The molecule has 8 heteroatoms. The molecule has 0 saturated carbocycles. The summed E-state index contributed by atoms with van der Waals surface area (Å²) in [6, 6.07) is 15.7. The lowest BCUT2D eigenvalue weighted by atomic mass is 9.83. The maximum atomic E-state index is 13.5. The number of methoxy groups -OCH3 is 1. The molecule has 2 amide bonds. The number of nitrogens with one attached hydrogen (secondary N) is 1. The Bertz CT molecular complexity index is 1020. The number of ether oxygens (including phenoxy) is 2. The van der Waals surface area contributed by atoms with Gasteiger partial charge in [-0.3, -0.25) is 14.5 Å². The number of hydrogen-bond donors (Lipinski definition) is 1. The van der Waals surface area contributed by atoms with E-state index < -0.39 is 0 Å². The molecule has 3 aliphatic heterocycles. The zero-order valence-electron chi connectivity index (χ0n) is 19.6. The maximum Gasteiger partial charge on any atom is 0.236 e. The molecule has 0 aromatic heterocycles. The highest BCUT2D eigenvalue weighted by Crippen LogP contribution is 2.38. The highest BCUT2D eigenvalue weighted by molar-refractivity contribution is 5.94. The predicted octanol–water partition coefficient (Wildman–Crippen LogP) is 1.86. The number of rotatable bonds is 5. The number of nitrogens with zero attached hydrogens (tertiary/aromatic N) is 3. The van der Waals surface area contributed by atoms with E-state index in [0.29, 0.717) is 45.8 Å². The number of hydrogen-bond acceptors (Lipinski definition) is 6. The Morgan fingerprint density at radius 1 is 1.06 bits per heavy atom. The average Bonchev–Trinajstić information content (AvgIpc) is 2.88. The summed E-state index contributed by atoms with van der Waals surface area (Å²) in [5.41, 5.74) is 3.09. The lowest BCUT2D eigenvalue weighted by molar-refractivity contribution is -0.136. The van der Waals surface area contributed by atoms with Crippen LogP contribution in [0.2, 0.25) is 0 Å². The first kappa shape index (κ1) is 22.7. The molecule has 0 unspecified atom stereocenters. The van der Waals surface area contributed by atoms with Gasteiger partial charge in [-0.1, -0.05) is 24.3 Å². The van der Waals surface area contributed by atoms with Gasteiger partial charge in [0, 0.05) is 50.2 Å². The number of piperazine rings is 1. The fourth-order valence-electron chi connectivity index (χ4n) is 5.27. The summed E-state index contributed by atoms with van der Waals surface area (Å²) in [5.74, 6) is 0.751. The molecule has 8 nitrogen and oxygen atoms in total. The van der Waals surface area contributed by atoms with Gasteiger partial charge in [0.1, 0.15) is 5.75 Å². The lowest BCUT2D eigenvalue weighted by Crippen LogP contribution is -2.61. The van der Waals surface area contributed by atoms with E-state index in [1.807, 2.05) is 41.3 Å².